The summed E-state index contributed by atoms with van der Waals surface area (Å²) in [6.45, 7) is 3.00. The van der Waals surface area contributed by atoms with Crippen LogP contribution < -0.4 is 5.32 Å². The maximum Gasteiger partial charge on any atom is 0.239 e. The van der Waals surface area contributed by atoms with Gasteiger partial charge in [-0.25, -0.2) is 4.98 Å². The van der Waals surface area contributed by atoms with Crippen molar-refractivity contribution in [3.8, 4) is 11.6 Å². The molecule has 2 N–H and O–H groups in total. The summed E-state index contributed by atoms with van der Waals surface area (Å²) in [4.78, 5) is 23.2. The monoisotopic (exact) mass is 391 g/mol. The van der Waals surface area contributed by atoms with Gasteiger partial charge in [-0.15, -0.1) is 0 Å². The smallest absolute Gasteiger partial charge is 0.239 e. The van der Waals surface area contributed by atoms with Gasteiger partial charge in [-0.2, -0.15) is 21.8 Å². The zero-order valence-electron chi connectivity index (χ0n) is 15.3. The van der Waals surface area contributed by atoms with Crippen molar-refractivity contribution in [1.82, 2.24) is 35.5 Å². The highest BCUT2D eigenvalue weighted by Crippen LogP contribution is 2.36. The van der Waals surface area contributed by atoms with Crippen LogP contribution in [0.2, 0.25) is 0 Å². The summed E-state index contributed by atoms with van der Waals surface area (Å²) in [6.07, 6.45) is 7.02. The first-order valence-corrected chi connectivity index (χ1v) is 10.7. The molecule has 3 heterocycles. The molecule has 9 nitrogen and oxygen atoms in total. The minimum Gasteiger partial charge on any atom is -0.354 e. The molecule has 2 aromatic rings. The second-order valence-corrected chi connectivity index (χ2v) is 8.38. The molecule has 0 radical (unpaired) electrons. The van der Waals surface area contributed by atoms with Crippen LogP contribution in [0.4, 0.5) is 0 Å². The molecular weight excluding hydrogens is 366 g/mol. The number of aromatic nitrogens is 5. The Morgan fingerprint density at radius 1 is 1.33 bits per heavy atom. The third-order valence-corrected chi connectivity index (χ3v) is 6.43. The Bertz CT molecular complexity index is 736. The standard InChI is InChI=1S/C17H25N7O2S/c25-13(3-4-14-21-16(23-26-14)15-19-12-20-22-15)18-11-17(5-1-2-6-17)24-7-9-27-10-8-24/h12H,1-11H2,(H,18,25)(H,19,20,22). The first kappa shape index (κ1) is 18.4. The number of aryl methyl sites for hydroxylation is 1. The van der Waals surface area contributed by atoms with E-state index in [1.165, 1.54) is 43.5 Å². The maximum atomic E-state index is 12.4. The lowest BCUT2D eigenvalue weighted by Crippen LogP contribution is -2.56. The van der Waals surface area contributed by atoms with E-state index in [-0.39, 0.29) is 11.4 Å². The van der Waals surface area contributed by atoms with Gasteiger partial charge in [-0.05, 0) is 12.8 Å². The first-order valence-electron chi connectivity index (χ1n) is 9.53. The molecule has 2 fully saturated rings. The molecule has 1 amide bonds. The largest absolute Gasteiger partial charge is 0.354 e. The Morgan fingerprint density at radius 3 is 2.89 bits per heavy atom. The summed E-state index contributed by atoms with van der Waals surface area (Å²) < 4.78 is 5.19. The predicted octanol–water partition coefficient (Wildman–Crippen LogP) is 1.27. The van der Waals surface area contributed by atoms with Gasteiger partial charge in [0.25, 0.3) is 0 Å². The topological polar surface area (TPSA) is 113 Å². The highest BCUT2D eigenvalue weighted by Gasteiger charge is 2.40. The summed E-state index contributed by atoms with van der Waals surface area (Å²) in [5.41, 5.74) is 0.153. The van der Waals surface area contributed by atoms with Crippen LogP contribution in [0.5, 0.6) is 0 Å². The van der Waals surface area contributed by atoms with E-state index in [9.17, 15) is 4.79 Å². The number of rotatable bonds is 7. The van der Waals surface area contributed by atoms with E-state index < -0.39 is 0 Å². The van der Waals surface area contributed by atoms with Crippen LogP contribution in [0.1, 0.15) is 38.0 Å². The van der Waals surface area contributed by atoms with Gasteiger partial charge in [-0.1, -0.05) is 18.0 Å². The summed E-state index contributed by atoms with van der Waals surface area (Å²) in [5, 5.41) is 13.5. The van der Waals surface area contributed by atoms with Gasteiger partial charge in [0.05, 0.1) is 0 Å². The normalized spacial score (nSPS) is 20.0. The van der Waals surface area contributed by atoms with Crippen LogP contribution in [0.3, 0.4) is 0 Å². The molecule has 0 aromatic carbocycles. The van der Waals surface area contributed by atoms with Gasteiger partial charge in [0.15, 0.2) is 5.82 Å². The molecule has 1 saturated carbocycles. The lowest BCUT2D eigenvalue weighted by molar-refractivity contribution is -0.121. The molecule has 4 rings (SSSR count). The molecule has 1 aliphatic heterocycles. The van der Waals surface area contributed by atoms with Crippen molar-refractivity contribution in [2.24, 2.45) is 0 Å². The molecule has 1 saturated heterocycles. The number of H-pyrrole nitrogens is 1. The van der Waals surface area contributed by atoms with Crippen LogP contribution in [-0.2, 0) is 11.2 Å². The third-order valence-electron chi connectivity index (χ3n) is 5.49. The Morgan fingerprint density at radius 2 is 2.15 bits per heavy atom. The molecule has 0 spiro atoms. The van der Waals surface area contributed by atoms with Gasteiger partial charge in [0.1, 0.15) is 6.33 Å². The summed E-state index contributed by atoms with van der Waals surface area (Å²) in [6, 6.07) is 0. The second kappa shape index (κ2) is 8.39. The minimum atomic E-state index is 0.0343. The van der Waals surface area contributed by atoms with E-state index in [4.69, 9.17) is 4.52 Å². The van der Waals surface area contributed by atoms with Crippen LogP contribution in [0, 0.1) is 0 Å². The third kappa shape index (κ3) is 4.32. The molecule has 0 atom stereocenters. The molecule has 2 aromatic heterocycles. The molecule has 146 valence electrons. The minimum absolute atomic E-state index is 0.0343. The van der Waals surface area contributed by atoms with Gasteiger partial charge >= 0.3 is 0 Å². The van der Waals surface area contributed by atoms with Crippen molar-refractivity contribution < 1.29 is 9.32 Å². The van der Waals surface area contributed by atoms with E-state index in [2.05, 4.69) is 35.5 Å². The van der Waals surface area contributed by atoms with Crippen molar-refractivity contribution in [2.45, 2.75) is 44.1 Å². The zero-order chi connectivity index (χ0) is 18.5. The first-order chi connectivity index (χ1) is 13.3. The number of carbonyl (C=O) groups excluding carboxylic acids is 1. The lowest BCUT2D eigenvalue weighted by Gasteiger charge is -2.43. The van der Waals surface area contributed by atoms with E-state index in [1.807, 2.05) is 11.8 Å². The van der Waals surface area contributed by atoms with Crippen LogP contribution >= 0.6 is 11.8 Å². The van der Waals surface area contributed by atoms with Crippen molar-refractivity contribution in [3.05, 3.63) is 12.2 Å². The van der Waals surface area contributed by atoms with Crippen LogP contribution in [0.25, 0.3) is 11.6 Å². The van der Waals surface area contributed by atoms with Gasteiger partial charge in [0, 0.05) is 49.5 Å². The summed E-state index contributed by atoms with van der Waals surface area (Å²) in [7, 11) is 0. The zero-order valence-corrected chi connectivity index (χ0v) is 16.1. The van der Waals surface area contributed by atoms with Gasteiger partial charge in [0.2, 0.25) is 17.6 Å². The Balaban J connectivity index is 1.27. The number of carbonyl (C=O) groups is 1. The molecule has 0 bridgehead atoms. The quantitative estimate of drug-likeness (QED) is 0.725. The molecule has 2 aliphatic rings. The predicted molar refractivity (Wildman–Crippen MR) is 101 cm³/mol. The average Bonchev–Trinajstić information content (AvgIpc) is 3.47. The van der Waals surface area contributed by atoms with E-state index in [0.29, 0.717) is 30.4 Å². The van der Waals surface area contributed by atoms with Crippen LogP contribution in [0.15, 0.2) is 10.9 Å². The van der Waals surface area contributed by atoms with Gasteiger partial charge < -0.3 is 9.84 Å². The lowest BCUT2D eigenvalue weighted by atomic mass is 9.94. The molecule has 0 unspecified atom stereocenters. The van der Waals surface area contributed by atoms with E-state index >= 15 is 0 Å². The fourth-order valence-corrected chi connectivity index (χ4v) is 4.92. The average molecular weight is 392 g/mol. The number of nitrogens with one attached hydrogen (secondary N) is 2. The Kier molecular flexibility index (Phi) is 5.72. The number of thioether (sulfide) groups is 1. The Hall–Kier alpha value is -1.94. The molecule has 1 aliphatic carbocycles. The second-order valence-electron chi connectivity index (χ2n) is 7.15. The number of hydrogen-bond donors (Lipinski definition) is 2. The van der Waals surface area contributed by atoms with Crippen molar-refractivity contribution in [2.75, 3.05) is 31.1 Å². The van der Waals surface area contributed by atoms with E-state index in [0.717, 1.165) is 19.6 Å². The summed E-state index contributed by atoms with van der Waals surface area (Å²) in [5.74, 6) is 3.67. The summed E-state index contributed by atoms with van der Waals surface area (Å²) >= 11 is 2.02. The molecule has 27 heavy (non-hydrogen) atoms. The van der Waals surface area contributed by atoms with Gasteiger partial charge in [-0.3, -0.25) is 14.8 Å². The molecule has 10 heteroatoms. The highest BCUT2D eigenvalue weighted by atomic mass is 32.2. The number of hydrogen-bond acceptors (Lipinski definition) is 8. The van der Waals surface area contributed by atoms with Crippen LogP contribution in [-0.4, -0.2) is 72.8 Å². The van der Waals surface area contributed by atoms with Crippen molar-refractivity contribution >= 4 is 17.7 Å². The maximum absolute atomic E-state index is 12.4. The van der Waals surface area contributed by atoms with Crippen molar-refractivity contribution in [3.63, 3.8) is 0 Å². The van der Waals surface area contributed by atoms with Crippen molar-refractivity contribution in [1.29, 1.82) is 0 Å². The fraction of sp³-hybridized carbons (Fsp3) is 0.706. The number of amides is 1. The molecular formula is C17H25N7O2S. The fourth-order valence-electron chi connectivity index (χ4n) is 4.01. The number of nitrogens with zero attached hydrogens (tertiary/aromatic N) is 5. The van der Waals surface area contributed by atoms with E-state index in [1.54, 1.807) is 0 Å². The number of aromatic amines is 1. The highest BCUT2D eigenvalue weighted by molar-refractivity contribution is 7.99. The Labute approximate surface area is 162 Å². The SMILES string of the molecule is O=C(CCc1nc(-c2ncn[nH]2)no1)NCC1(N2CCSCC2)CCCC1.